The maximum absolute atomic E-state index is 12.0. The molecule has 0 unspecified atom stereocenters. The molecule has 23 heavy (non-hydrogen) atoms. The first-order valence-electron chi connectivity index (χ1n) is 6.97. The minimum absolute atomic E-state index is 0.111. The van der Waals surface area contributed by atoms with Crippen LogP contribution in [0.2, 0.25) is 0 Å². The SMILES string of the molecule is CCCNC(=O)[C@H](C)NC(=O)c1ccc(OCC(F)(F)F)nc1. The number of amides is 2. The first-order chi connectivity index (χ1) is 10.7. The van der Waals surface area contributed by atoms with Crippen LogP contribution in [0.4, 0.5) is 13.2 Å². The third-order valence-corrected chi connectivity index (χ3v) is 2.67. The van der Waals surface area contributed by atoms with Crippen molar-refractivity contribution >= 4 is 11.8 Å². The van der Waals surface area contributed by atoms with Crippen LogP contribution in [0, 0.1) is 0 Å². The molecule has 2 amide bonds. The summed E-state index contributed by atoms with van der Waals surface area (Å²) in [7, 11) is 0. The number of aromatic nitrogens is 1. The van der Waals surface area contributed by atoms with Crippen LogP contribution in [-0.4, -0.2) is 42.2 Å². The first kappa shape index (κ1) is 18.7. The third kappa shape index (κ3) is 6.98. The van der Waals surface area contributed by atoms with E-state index in [0.717, 1.165) is 18.7 Å². The van der Waals surface area contributed by atoms with E-state index in [0.29, 0.717) is 6.54 Å². The van der Waals surface area contributed by atoms with Gasteiger partial charge in [0.15, 0.2) is 6.61 Å². The van der Waals surface area contributed by atoms with E-state index in [-0.39, 0.29) is 17.4 Å². The van der Waals surface area contributed by atoms with Gasteiger partial charge in [0.1, 0.15) is 6.04 Å². The molecule has 0 radical (unpaired) electrons. The van der Waals surface area contributed by atoms with E-state index in [4.69, 9.17) is 0 Å². The Kier molecular flexibility index (Phi) is 6.80. The van der Waals surface area contributed by atoms with Gasteiger partial charge in [-0.1, -0.05) is 6.92 Å². The van der Waals surface area contributed by atoms with Gasteiger partial charge in [0.05, 0.1) is 5.56 Å². The Morgan fingerprint density at radius 1 is 1.35 bits per heavy atom. The zero-order valence-electron chi connectivity index (χ0n) is 12.7. The quantitative estimate of drug-likeness (QED) is 0.795. The highest BCUT2D eigenvalue weighted by atomic mass is 19.4. The molecule has 0 spiro atoms. The van der Waals surface area contributed by atoms with Gasteiger partial charge in [0, 0.05) is 18.8 Å². The third-order valence-electron chi connectivity index (χ3n) is 2.67. The molecular formula is C14H18F3N3O3. The van der Waals surface area contributed by atoms with Crippen LogP contribution in [0.3, 0.4) is 0 Å². The minimum atomic E-state index is -4.46. The number of hydrogen-bond acceptors (Lipinski definition) is 4. The molecule has 0 aromatic carbocycles. The number of carbonyl (C=O) groups excluding carboxylic acids is 2. The van der Waals surface area contributed by atoms with Crippen LogP contribution in [0.1, 0.15) is 30.6 Å². The van der Waals surface area contributed by atoms with E-state index < -0.39 is 24.7 Å². The predicted molar refractivity (Wildman–Crippen MR) is 76.0 cm³/mol. The van der Waals surface area contributed by atoms with Gasteiger partial charge in [-0.25, -0.2) is 4.98 Å². The fourth-order valence-electron chi connectivity index (χ4n) is 1.50. The summed E-state index contributed by atoms with van der Waals surface area (Å²) in [6.45, 7) is 2.47. The first-order valence-corrected chi connectivity index (χ1v) is 6.97. The molecule has 0 aliphatic carbocycles. The normalized spacial score (nSPS) is 12.4. The Morgan fingerprint density at radius 2 is 2.04 bits per heavy atom. The van der Waals surface area contributed by atoms with Crippen molar-refractivity contribution < 1.29 is 27.5 Å². The van der Waals surface area contributed by atoms with E-state index in [1.165, 1.54) is 13.0 Å². The fourth-order valence-corrected chi connectivity index (χ4v) is 1.50. The summed E-state index contributed by atoms with van der Waals surface area (Å²) in [5.41, 5.74) is 0.111. The maximum Gasteiger partial charge on any atom is 0.422 e. The molecule has 1 rings (SSSR count). The van der Waals surface area contributed by atoms with Gasteiger partial charge in [-0.05, 0) is 19.4 Å². The molecule has 0 fully saturated rings. The Balaban J connectivity index is 2.55. The molecule has 0 saturated heterocycles. The number of nitrogens with zero attached hydrogens (tertiary/aromatic N) is 1. The molecule has 0 bridgehead atoms. The van der Waals surface area contributed by atoms with Gasteiger partial charge in [0.25, 0.3) is 5.91 Å². The second-order valence-corrected chi connectivity index (χ2v) is 4.78. The number of pyridine rings is 1. The van der Waals surface area contributed by atoms with Crippen molar-refractivity contribution in [2.24, 2.45) is 0 Å². The number of hydrogen-bond donors (Lipinski definition) is 2. The summed E-state index contributed by atoms with van der Waals surface area (Å²) in [6.07, 6.45) is -2.60. The maximum atomic E-state index is 12.0. The molecule has 1 aromatic rings. The molecule has 2 N–H and O–H groups in total. The minimum Gasteiger partial charge on any atom is -0.468 e. The Morgan fingerprint density at radius 3 is 2.57 bits per heavy atom. The number of halogens is 3. The lowest BCUT2D eigenvalue weighted by Crippen LogP contribution is -2.45. The lowest BCUT2D eigenvalue weighted by Gasteiger charge is -2.14. The largest absolute Gasteiger partial charge is 0.468 e. The van der Waals surface area contributed by atoms with E-state index in [1.807, 2.05) is 6.92 Å². The summed E-state index contributed by atoms with van der Waals surface area (Å²) >= 11 is 0. The molecule has 1 heterocycles. The van der Waals surface area contributed by atoms with Crippen LogP contribution >= 0.6 is 0 Å². The smallest absolute Gasteiger partial charge is 0.422 e. The Bertz CT molecular complexity index is 532. The zero-order chi connectivity index (χ0) is 17.5. The van der Waals surface area contributed by atoms with E-state index in [2.05, 4.69) is 20.4 Å². The van der Waals surface area contributed by atoms with Crippen molar-refractivity contribution in [1.82, 2.24) is 15.6 Å². The molecule has 6 nitrogen and oxygen atoms in total. The lowest BCUT2D eigenvalue weighted by atomic mass is 10.2. The van der Waals surface area contributed by atoms with Gasteiger partial charge in [0.2, 0.25) is 11.8 Å². The Labute approximate surface area is 131 Å². The van der Waals surface area contributed by atoms with Gasteiger partial charge < -0.3 is 15.4 Å². The molecule has 0 saturated carbocycles. The van der Waals surface area contributed by atoms with Crippen molar-refractivity contribution in [2.45, 2.75) is 32.5 Å². The molecular weight excluding hydrogens is 315 g/mol. The summed E-state index contributed by atoms with van der Waals surface area (Å²) in [4.78, 5) is 27.2. The lowest BCUT2D eigenvalue weighted by molar-refractivity contribution is -0.154. The van der Waals surface area contributed by atoms with Crippen LogP contribution in [0.25, 0.3) is 0 Å². The molecule has 1 aromatic heterocycles. The molecule has 1 atom stereocenters. The summed E-state index contributed by atoms with van der Waals surface area (Å²) in [5.74, 6) is -1.12. The van der Waals surface area contributed by atoms with E-state index in [9.17, 15) is 22.8 Å². The number of carbonyl (C=O) groups is 2. The summed E-state index contributed by atoms with van der Waals surface area (Å²) in [6, 6.07) is 1.68. The molecule has 0 aliphatic rings. The summed E-state index contributed by atoms with van der Waals surface area (Å²) < 4.78 is 40.4. The van der Waals surface area contributed by atoms with Crippen molar-refractivity contribution in [3.8, 4) is 5.88 Å². The summed E-state index contributed by atoms with van der Waals surface area (Å²) in [5, 5.41) is 5.10. The number of nitrogens with one attached hydrogen (secondary N) is 2. The average Bonchev–Trinajstić information content (AvgIpc) is 2.50. The van der Waals surface area contributed by atoms with Gasteiger partial charge in [-0.3, -0.25) is 9.59 Å². The van der Waals surface area contributed by atoms with Crippen molar-refractivity contribution in [2.75, 3.05) is 13.2 Å². The van der Waals surface area contributed by atoms with E-state index >= 15 is 0 Å². The van der Waals surface area contributed by atoms with Crippen LogP contribution in [0.5, 0.6) is 5.88 Å². The Hall–Kier alpha value is -2.32. The van der Waals surface area contributed by atoms with Crippen molar-refractivity contribution in [3.63, 3.8) is 0 Å². The second kappa shape index (κ2) is 8.35. The molecule has 9 heteroatoms. The van der Waals surface area contributed by atoms with E-state index in [1.54, 1.807) is 0 Å². The number of alkyl halides is 3. The highest BCUT2D eigenvalue weighted by Crippen LogP contribution is 2.17. The van der Waals surface area contributed by atoms with Gasteiger partial charge in [-0.15, -0.1) is 0 Å². The van der Waals surface area contributed by atoms with Crippen molar-refractivity contribution in [1.29, 1.82) is 0 Å². The van der Waals surface area contributed by atoms with Crippen molar-refractivity contribution in [3.05, 3.63) is 23.9 Å². The van der Waals surface area contributed by atoms with Crippen LogP contribution < -0.4 is 15.4 Å². The topological polar surface area (TPSA) is 80.3 Å². The highest BCUT2D eigenvalue weighted by Gasteiger charge is 2.28. The fraction of sp³-hybridized carbons (Fsp3) is 0.500. The monoisotopic (exact) mass is 333 g/mol. The standard InChI is InChI=1S/C14H18F3N3O3/c1-3-6-18-12(21)9(2)20-13(22)10-4-5-11(19-7-10)23-8-14(15,16)17/h4-5,7,9H,3,6,8H2,1-2H3,(H,18,21)(H,20,22)/t9-/m0/s1. The average molecular weight is 333 g/mol. The highest BCUT2D eigenvalue weighted by molar-refractivity contribution is 5.97. The van der Waals surface area contributed by atoms with Gasteiger partial charge >= 0.3 is 6.18 Å². The number of rotatable bonds is 7. The second-order valence-electron chi connectivity index (χ2n) is 4.78. The van der Waals surface area contributed by atoms with Crippen LogP contribution in [0.15, 0.2) is 18.3 Å². The van der Waals surface area contributed by atoms with Gasteiger partial charge in [-0.2, -0.15) is 13.2 Å². The molecule has 0 aliphatic heterocycles. The number of ether oxygens (including phenoxy) is 1. The molecule has 128 valence electrons. The predicted octanol–water partition coefficient (Wildman–Crippen LogP) is 1.67. The van der Waals surface area contributed by atoms with Crippen LogP contribution in [-0.2, 0) is 4.79 Å². The zero-order valence-corrected chi connectivity index (χ0v) is 12.7.